The van der Waals surface area contributed by atoms with Crippen molar-refractivity contribution in [2.45, 2.75) is 11.8 Å². The maximum absolute atomic E-state index is 12.5. The van der Waals surface area contributed by atoms with E-state index in [4.69, 9.17) is 0 Å². The Labute approximate surface area is 311 Å². The molecule has 0 saturated heterocycles. The molecule has 0 N–H and O–H groups in total. The van der Waals surface area contributed by atoms with Crippen molar-refractivity contribution >= 4 is 55.0 Å². The van der Waals surface area contributed by atoms with Gasteiger partial charge in [0.2, 0.25) is 0 Å². The summed E-state index contributed by atoms with van der Waals surface area (Å²) in [6.07, 6.45) is 0. The van der Waals surface area contributed by atoms with E-state index in [-0.39, 0.29) is 65.8 Å². The Kier molecular flexibility index (Phi) is 11.8. The van der Waals surface area contributed by atoms with E-state index < -0.39 is 47.6 Å². The summed E-state index contributed by atoms with van der Waals surface area (Å²) in [5.74, 6) is -1.69. The smallest absolute Gasteiger partial charge is 0.871 e. The van der Waals surface area contributed by atoms with Crippen molar-refractivity contribution in [2.24, 2.45) is 20.5 Å². The summed E-state index contributed by atoms with van der Waals surface area (Å²) < 4.78 is 33.9. The summed E-state index contributed by atoms with van der Waals surface area (Å²) >= 11 is 0. The van der Waals surface area contributed by atoms with Crippen LogP contribution in [-0.2, 0) is 27.5 Å². The summed E-state index contributed by atoms with van der Waals surface area (Å²) in [6.45, 7) is 1.47. The summed E-state index contributed by atoms with van der Waals surface area (Å²) in [5, 5.41) is 77.3. The molecule has 5 aromatic carbocycles. The molecule has 0 spiro atoms. The minimum atomic E-state index is -4.63. The zero-order chi connectivity index (χ0) is 37.7. The van der Waals surface area contributed by atoms with Gasteiger partial charge in [0.25, 0.3) is 16.9 Å². The summed E-state index contributed by atoms with van der Waals surface area (Å²) in [5.41, 5.74) is -1.37. The molecule has 0 aliphatic rings. The molecular weight excluding hydrogens is 756 g/mol. The van der Waals surface area contributed by atoms with Gasteiger partial charge in [-0.3, -0.25) is 25.0 Å². The molecule has 1 radical (unpaired) electrons. The van der Waals surface area contributed by atoms with E-state index in [1.54, 1.807) is 18.2 Å². The van der Waals surface area contributed by atoms with Gasteiger partial charge in [0, 0.05) is 35.3 Å². The fourth-order valence-corrected chi connectivity index (χ4v) is 4.96. The molecule has 6 rings (SSSR count). The summed E-state index contributed by atoms with van der Waals surface area (Å²) in [4.78, 5) is 31.9. The van der Waals surface area contributed by atoms with Crippen molar-refractivity contribution < 1.29 is 58.4 Å². The second kappa shape index (κ2) is 16.0. The van der Waals surface area contributed by atoms with Crippen LogP contribution in [0.2, 0.25) is 0 Å². The molecule has 0 aliphatic heterocycles. The molecule has 1 heterocycles. The molecule has 0 bridgehead atoms. The molecule has 0 saturated carbocycles. The first-order chi connectivity index (χ1) is 24.6. The van der Waals surface area contributed by atoms with E-state index >= 15 is 0 Å². The van der Waals surface area contributed by atoms with E-state index in [0.717, 1.165) is 52.5 Å². The van der Waals surface area contributed by atoms with Gasteiger partial charge < -0.3 is 29.7 Å². The molecule has 6 aromatic rings. The maximum atomic E-state index is 12.5. The van der Waals surface area contributed by atoms with Crippen LogP contribution in [0.15, 0.2) is 127 Å². The van der Waals surface area contributed by atoms with Crippen molar-refractivity contribution in [3.8, 4) is 22.9 Å². The van der Waals surface area contributed by atoms with Crippen LogP contribution in [-0.4, -0.2) is 27.5 Å². The van der Waals surface area contributed by atoms with E-state index in [9.17, 15) is 53.3 Å². The number of hydrogen-bond acceptors (Lipinski definition) is 15. The molecule has 267 valence electrons. The molecule has 0 fully saturated rings. The van der Waals surface area contributed by atoms with Gasteiger partial charge in [0.15, 0.2) is 0 Å². The van der Waals surface area contributed by atoms with Crippen LogP contribution in [0.4, 0.5) is 34.1 Å². The van der Waals surface area contributed by atoms with Crippen molar-refractivity contribution in [1.82, 2.24) is 9.78 Å². The molecule has 0 unspecified atom stereocenters. The first-order valence-electron chi connectivity index (χ1n) is 14.4. The normalized spacial score (nSPS) is 11.3. The Hall–Kier alpha value is -6.79. The fourth-order valence-electron chi connectivity index (χ4n) is 4.49. The predicted molar refractivity (Wildman–Crippen MR) is 177 cm³/mol. The van der Waals surface area contributed by atoms with Gasteiger partial charge in [-0.05, 0) is 41.8 Å². The van der Waals surface area contributed by atoms with E-state index in [2.05, 4.69) is 25.6 Å². The average Bonchev–Trinajstić information content (AvgIpc) is 3.39. The second-order valence-corrected chi connectivity index (χ2v) is 11.8. The quantitative estimate of drug-likeness (QED) is 0.0859. The van der Waals surface area contributed by atoms with Gasteiger partial charge in [-0.15, -0.1) is 10.8 Å². The predicted octanol–water partition coefficient (Wildman–Crippen LogP) is 4.94. The molecule has 1 aromatic heterocycles. The van der Waals surface area contributed by atoms with Crippen LogP contribution in [0.3, 0.4) is 0 Å². The van der Waals surface area contributed by atoms with Crippen molar-refractivity contribution in [3.63, 3.8) is 0 Å². The van der Waals surface area contributed by atoms with Gasteiger partial charge in [-0.2, -0.15) is 15.3 Å². The number of aromatic nitrogens is 2. The monoisotopic (exact) mass is 777 g/mol. The van der Waals surface area contributed by atoms with E-state index in [1.807, 2.05) is 12.1 Å². The largest absolute Gasteiger partial charge is 3.00 e. The molecule has 0 atom stereocenters. The van der Waals surface area contributed by atoms with E-state index in [0.29, 0.717) is 5.39 Å². The van der Waals surface area contributed by atoms with Gasteiger partial charge in [0.1, 0.15) is 15.8 Å². The summed E-state index contributed by atoms with van der Waals surface area (Å²) in [6, 6.07) is 21.0. The number of rotatable bonds is 8. The van der Waals surface area contributed by atoms with Crippen LogP contribution >= 0.6 is 0 Å². The van der Waals surface area contributed by atoms with Crippen molar-refractivity contribution in [3.05, 3.63) is 133 Å². The fraction of sp³-hybridized carbons (Fsp3) is 0.0312. The minimum Gasteiger partial charge on any atom is -0.871 e. The Morgan fingerprint density at radius 2 is 1.23 bits per heavy atom. The number of nitro benzene ring substituents is 2. The number of nitrogens with zero attached hydrogens (tertiary/aromatic N) is 8. The first-order valence-corrected chi connectivity index (χ1v) is 15.8. The van der Waals surface area contributed by atoms with Crippen LogP contribution in [0.1, 0.15) is 8.55 Å². The minimum absolute atomic E-state index is 0. The van der Waals surface area contributed by atoms with Gasteiger partial charge in [0.05, 0.1) is 31.8 Å². The third-order valence-electron chi connectivity index (χ3n) is 7.05. The van der Waals surface area contributed by atoms with Crippen LogP contribution in [0.5, 0.6) is 17.2 Å². The number of benzene rings is 5. The van der Waals surface area contributed by atoms with Crippen LogP contribution in [0, 0.1) is 27.2 Å². The molecule has 19 nitrogen and oxygen atoms in total. The average molecular weight is 778 g/mol. The van der Waals surface area contributed by atoms with Gasteiger partial charge >= 0.3 is 20.2 Å². The summed E-state index contributed by atoms with van der Waals surface area (Å²) in [7, 11) is -4.63. The molecule has 0 aliphatic carbocycles. The number of nitro groups is 2. The molecule has 0 amide bonds. The topological polar surface area (TPSA) is 298 Å². The van der Waals surface area contributed by atoms with Gasteiger partial charge in [-0.25, -0.2) is 8.42 Å². The van der Waals surface area contributed by atoms with Crippen molar-refractivity contribution in [1.29, 1.82) is 0 Å². The van der Waals surface area contributed by atoms with Crippen molar-refractivity contribution in [2.75, 3.05) is 0 Å². The van der Waals surface area contributed by atoms with Crippen LogP contribution in [0.25, 0.3) is 16.5 Å². The number of aryl methyl sites for hydroxylation is 1. The van der Waals surface area contributed by atoms with E-state index in [1.165, 1.54) is 31.2 Å². The molecule has 21 heteroatoms. The standard InChI is InChI=1S/C16H13N5O7S.C16H11N3O4.Cr/c1-9-15(18-17-13-7-4-11(21(24)25)8-14(13)22)16(23)20(19-9)10-2-5-12(6-3-10)29(26,27)28;20-14-8-5-10-3-1-2-4-12(10)16(14)18-17-13-7-6-11(19(22)23)9-15(13)21;/h2-8H,1H3,(H3,17,18,19,22,23,26,27,28);1-9,20-21H;/q;;+3/p-3. The number of hydrogen-bond donors (Lipinski definition) is 0. The van der Waals surface area contributed by atoms with Gasteiger partial charge in [-0.1, -0.05) is 60.6 Å². The first kappa shape index (κ1) is 39.0. The molecular formula is C32H21CrN8O11S. The third kappa shape index (κ3) is 8.93. The zero-order valence-corrected chi connectivity index (χ0v) is 28.7. The SMILES string of the molecule is Cc1[n-]n(-c2ccc(S(=O)(=O)[O-])cc2)c(=O)c1N=Nc1ccc([N+](=O)[O-])cc1[O-].O=[N+]([O-])c1ccc(N=Nc2c([O-])ccc3ccccc23)c([O-])c1.[Cr+3].[H+].[H+]. The van der Waals surface area contributed by atoms with Crippen LogP contribution < -0.4 is 26.0 Å². The molecule has 53 heavy (non-hydrogen) atoms. The number of fused-ring (bicyclic) bond motifs is 1. The maximum Gasteiger partial charge on any atom is 3.00 e. The Bertz CT molecular complexity index is 2600. The Morgan fingerprint density at radius 1 is 0.698 bits per heavy atom. The number of non-ortho nitro benzene ring substituents is 2. The second-order valence-electron chi connectivity index (χ2n) is 10.5. The Morgan fingerprint density at radius 3 is 1.74 bits per heavy atom. The third-order valence-corrected chi connectivity index (χ3v) is 7.89. The Balaban J connectivity index is 0.000000368. The zero-order valence-electron chi connectivity index (χ0n) is 28.6. The number of azo groups is 2.